The monoisotopic (exact) mass is 250 g/mol. The molecule has 0 bridgehead atoms. The number of aryl methyl sites for hydroxylation is 1. The van der Waals surface area contributed by atoms with Crippen LogP contribution in [0.15, 0.2) is 42.7 Å². The van der Waals surface area contributed by atoms with Crippen LogP contribution < -0.4 is 5.32 Å². The number of nitrogens with zero attached hydrogens (tertiary/aromatic N) is 3. The number of anilines is 1. The van der Waals surface area contributed by atoms with Gasteiger partial charge in [0.1, 0.15) is 11.6 Å². The SMILES string of the molecule is CNc1nc(C)nc2cc(-c3cccnc3)ccc12. The molecule has 94 valence electrons. The fourth-order valence-corrected chi connectivity index (χ4v) is 2.15. The van der Waals surface area contributed by atoms with Gasteiger partial charge in [0.2, 0.25) is 0 Å². The minimum absolute atomic E-state index is 0.764. The van der Waals surface area contributed by atoms with Gasteiger partial charge < -0.3 is 5.32 Å². The molecule has 0 aliphatic rings. The van der Waals surface area contributed by atoms with Crippen LogP contribution in [0.2, 0.25) is 0 Å². The molecule has 1 N–H and O–H groups in total. The van der Waals surface area contributed by atoms with Gasteiger partial charge in [-0.1, -0.05) is 12.1 Å². The number of benzene rings is 1. The zero-order valence-corrected chi connectivity index (χ0v) is 10.9. The molecular weight excluding hydrogens is 236 g/mol. The van der Waals surface area contributed by atoms with Crippen molar-refractivity contribution in [2.24, 2.45) is 0 Å². The molecule has 3 aromatic rings. The van der Waals surface area contributed by atoms with Crippen molar-refractivity contribution in [3.8, 4) is 11.1 Å². The zero-order valence-electron chi connectivity index (χ0n) is 10.9. The molecule has 4 nitrogen and oxygen atoms in total. The summed E-state index contributed by atoms with van der Waals surface area (Å²) in [6.07, 6.45) is 3.63. The summed E-state index contributed by atoms with van der Waals surface area (Å²) in [5.74, 6) is 1.63. The lowest BCUT2D eigenvalue weighted by Crippen LogP contribution is -1.98. The third-order valence-corrected chi connectivity index (χ3v) is 3.04. The van der Waals surface area contributed by atoms with Crippen molar-refractivity contribution in [2.75, 3.05) is 12.4 Å². The summed E-state index contributed by atoms with van der Waals surface area (Å²) in [5.41, 5.74) is 3.14. The highest BCUT2D eigenvalue weighted by atomic mass is 15.0. The van der Waals surface area contributed by atoms with Crippen molar-refractivity contribution >= 4 is 16.7 Å². The second kappa shape index (κ2) is 4.65. The highest BCUT2D eigenvalue weighted by Gasteiger charge is 2.06. The van der Waals surface area contributed by atoms with Gasteiger partial charge in [0, 0.05) is 30.4 Å². The third kappa shape index (κ3) is 2.12. The lowest BCUT2D eigenvalue weighted by molar-refractivity contribution is 1.09. The van der Waals surface area contributed by atoms with Crippen LogP contribution in [0.1, 0.15) is 5.82 Å². The summed E-state index contributed by atoms with van der Waals surface area (Å²) < 4.78 is 0. The first kappa shape index (κ1) is 11.6. The molecule has 0 saturated heterocycles. The van der Waals surface area contributed by atoms with Gasteiger partial charge in [0.25, 0.3) is 0 Å². The van der Waals surface area contributed by atoms with E-state index in [9.17, 15) is 0 Å². The van der Waals surface area contributed by atoms with E-state index in [1.807, 2.05) is 38.4 Å². The Bertz CT molecular complexity index is 723. The number of nitrogens with one attached hydrogen (secondary N) is 1. The summed E-state index contributed by atoms with van der Waals surface area (Å²) in [6.45, 7) is 1.90. The van der Waals surface area contributed by atoms with Crippen LogP contribution in [0.4, 0.5) is 5.82 Å². The predicted molar refractivity (Wildman–Crippen MR) is 77.1 cm³/mol. The van der Waals surface area contributed by atoms with Crippen LogP contribution in [0, 0.1) is 6.92 Å². The van der Waals surface area contributed by atoms with E-state index >= 15 is 0 Å². The van der Waals surface area contributed by atoms with E-state index in [1.54, 1.807) is 6.20 Å². The van der Waals surface area contributed by atoms with Crippen molar-refractivity contribution in [3.63, 3.8) is 0 Å². The Labute approximate surface area is 111 Å². The number of fused-ring (bicyclic) bond motifs is 1. The van der Waals surface area contributed by atoms with E-state index in [2.05, 4.69) is 32.4 Å². The Kier molecular flexibility index (Phi) is 2.83. The van der Waals surface area contributed by atoms with Crippen LogP contribution in [0.5, 0.6) is 0 Å². The maximum atomic E-state index is 4.50. The highest BCUT2D eigenvalue weighted by molar-refractivity contribution is 5.92. The van der Waals surface area contributed by atoms with E-state index in [1.165, 1.54) is 0 Å². The molecule has 1 aromatic carbocycles. The smallest absolute Gasteiger partial charge is 0.137 e. The van der Waals surface area contributed by atoms with Crippen LogP contribution in [-0.4, -0.2) is 22.0 Å². The van der Waals surface area contributed by atoms with E-state index in [4.69, 9.17) is 0 Å². The highest BCUT2D eigenvalue weighted by Crippen LogP contribution is 2.26. The molecule has 0 spiro atoms. The zero-order chi connectivity index (χ0) is 13.2. The Morgan fingerprint density at radius 3 is 2.68 bits per heavy atom. The molecule has 0 radical (unpaired) electrons. The molecule has 0 fully saturated rings. The molecule has 0 amide bonds. The standard InChI is InChI=1S/C15H14N4/c1-10-18-14-8-11(12-4-3-7-17-9-12)5-6-13(14)15(16-2)19-10/h3-9H,1-2H3,(H,16,18,19). The van der Waals surface area contributed by atoms with Crippen LogP contribution in [0.3, 0.4) is 0 Å². The van der Waals surface area contributed by atoms with Gasteiger partial charge in [-0.25, -0.2) is 9.97 Å². The first-order chi connectivity index (χ1) is 9.28. The maximum Gasteiger partial charge on any atom is 0.137 e. The van der Waals surface area contributed by atoms with Gasteiger partial charge in [0.15, 0.2) is 0 Å². The molecule has 0 aliphatic carbocycles. The second-order valence-electron chi connectivity index (χ2n) is 4.34. The van der Waals surface area contributed by atoms with E-state index in [0.717, 1.165) is 33.7 Å². The maximum absolute atomic E-state index is 4.50. The number of pyridine rings is 1. The molecule has 19 heavy (non-hydrogen) atoms. The average Bonchev–Trinajstić information content (AvgIpc) is 2.46. The average molecular weight is 250 g/mol. The second-order valence-corrected chi connectivity index (χ2v) is 4.34. The fraction of sp³-hybridized carbons (Fsp3) is 0.133. The molecule has 4 heteroatoms. The summed E-state index contributed by atoms with van der Waals surface area (Å²) >= 11 is 0. The van der Waals surface area contributed by atoms with Crippen molar-refractivity contribution in [3.05, 3.63) is 48.5 Å². The van der Waals surface area contributed by atoms with Gasteiger partial charge in [0.05, 0.1) is 5.52 Å². The first-order valence-electron chi connectivity index (χ1n) is 6.14. The molecule has 0 unspecified atom stereocenters. The molecule has 2 heterocycles. The Balaban J connectivity index is 2.21. The molecule has 0 aliphatic heterocycles. The van der Waals surface area contributed by atoms with E-state index in [0.29, 0.717) is 0 Å². The van der Waals surface area contributed by atoms with Crippen molar-refractivity contribution < 1.29 is 0 Å². The largest absolute Gasteiger partial charge is 0.373 e. The third-order valence-electron chi connectivity index (χ3n) is 3.04. The lowest BCUT2D eigenvalue weighted by atomic mass is 10.1. The van der Waals surface area contributed by atoms with Gasteiger partial charge >= 0.3 is 0 Å². The Morgan fingerprint density at radius 1 is 1.05 bits per heavy atom. The fourth-order valence-electron chi connectivity index (χ4n) is 2.15. The van der Waals surface area contributed by atoms with Crippen molar-refractivity contribution in [1.29, 1.82) is 0 Å². The van der Waals surface area contributed by atoms with Crippen LogP contribution in [-0.2, 0) is 0 Å². The number of hydrogen-bond donors (Lipinski definition) is 1. The van der Waals surface area contributed by atoms with Gasteiger partial charge in [-0.15, -0.1) is 0 Å². The molecule has 2 aromatic heterocycles. The van der Waals surface area contributed by atoms with Crippen molar-refractivity contribution in [2.45, 2.75) is 6.92 Å². The Hall–Kier alpha value is -2.49. The van der Waals surface area contributed by atoms with Gasteiger partial charge in [-0.2, -0.15) is 0 Å². The van der Waals surface area contributed by atoms with Crippen molar-refractivity contribution in [1.82, 2.24) is 15.0 Å². The summed E-state index contributed by atoms with van der Waals surface area (Å²) in [7, 11) is 1.87. The molecule has 3 rings (SSSR count). The van der Waals surface area contributed by atoms with Crippen LogP contribution in [0.25, 0.3) is 22.0 Å². The minimum atomic E-state index is 0.764. The van der Waals surface area contributed by atoms with Crippen LogP contribution >= 0.6 is 0 Å². The number of aromatic nitrogens is 3. The van der Waals surface area contributed by atoms with E-state index in [-0.39, 0.29) is 0 Å². The number of hydrogen-bond acceptors (Lipinski definition) is 4. The molecule has 0 atom stereocenters. The lowest BCUT2D eigenvalue weighted by Gasteiger charge is -2.08. The Morgan fingerprint density at radius 2 is 1.95 bits per heavy atom. The van der Waals surface area contributed by atoms with Gasteiger partial charge in [-0.3, -0.25) is 4.98 Å². The quantitative estimate of drug-likeness (QED) is 0.759. The predicted octanol–water partition coefficient (Wildman–Crippen LogP) is 3.04. The summed E-state index contributed by atoms with van der Waals surface area (Å²) in [5, 5.41) is 4.14. The van der Waals surface area contributed by atoms with Gasteiger partial charge in [-0.05, 0) is 30.7 Å². The number of rotatable bonds is 2. The first-order valence-corrected chi connectivity index (χ1v) is 6.14. The normalized spacial score (nSPS) is 10.6. The minimum Gasteiger partial charge on any atom is -0.373 e. The summed E-state index contributed by atoms with van der Waals surface area (Å²) in [4.78, 5) is 13.0. The molecule has 0 saturated carbocycles. The summed E-state index contributed by atoms with van der Waals surface area (Å²) in [6, 6.07) is 10.2. The topological polar surface area (TPSA) is 50.7 Å². The van der Waals surface area contributed by atoms with E-state index < -0.39 is 0 Å². The molecular formula is C15H14N4.